The maximum atomic E-state index is 12.6. The molecule has 3 aliphatic rings. The summed E-state index contributed by atoms with van der Waals surface area (Å²) in [4.78, 5) is 36.8. The zero-order valence-corrected chi connectivity index (χ0v) is 18.2. The van der Waals surface area contributed by atoms with Gasteiger partial charge in [-0.1, -0.05) is 25.3 Å². The molecule has 0 bridgehead atoms. The van der Waals surface area contributed by atoms with E-state index in [9.17, 15) is 14.4 Å². The molecule has 9 nitrogen and oxygen atoms in total. The third kappa shape index (κ3) is 5.21. The number of esters is 1. The van der Waals surface area contributed by atoms with Crippen molar-refractivity contribution in [3.63, 3.8) is 0 Å². The van der Waals surface area contributed by atoms with Crippen molar-refractivity contribution < 1.29 is 33.3 Å². The maximum Gasteiger partial charge on any atom is 0.412 e. The van der Waals surface area contributed by atoms with Crippen molar-refractivity contribution in [2.24, 2.45) is 5.92 Å². The minimum absolute atomic E-state index is 0.0612. The van der Waals surface area contributed by atoms with E-state index in [2.05, 4.69) is 10.6 Å². The van der Waals surface area contributed by atoms with E-state index in [1.165, 1.54) is 12.5 Å². The number of rotatable bonds is 6. The first kappa shape index (κ1) is 22.5. The van der Waals surface area contributed by atoms with Crippen LogP contribution in [0.15, 0.2) is 24.3 Å². The van der Waals surface area contributed by atoms with E-state index in [4.69, 9.17) is 18.9 Å². The molecule has 1 aliphatic carbocycles. The van der Waals surface area contributed by atoms with Gasteiger partial charge in [-0.15, -0.1) is 0 Å². The summed E-state index contributed by atoms with van der Waals surface area (Å²) in [6.45, 7) is 2.52. The van der Waals surface area contributed by atoms with Gasteiger partial charge in [-0.2, -0.15) is 0 Å². The van der Waals surface area contributed by atoms with Crippen molar-refractivity contribution in [3.05, 3.63) is 29.8 Å². The minimum atomic E-state index is -0.668. The molecule has 1 aromatic carbocycles. The standard InChI is InChI=1S/C23H30N2O7/c1-2-29-22(27)15-9-6-10-16(11-15)24-23(28)32-18-13-31-19-17(12-30-20(18)19)25-21(26)14-7-4-3-5-8-14/h6,9-11,14,17-20H,2-5,7-8,12-13H2,1H3,(H,24,28)(H,25,26)/t17-,18-,19-,20+/m0/s1. The van der Waals surface area contributed by atoms with E-state index < -0.39 is 24.3 Å². The molecule has 1 aromatic rings. The molecule has 3 fully saturated rings. The van der Waals surface area contributed by atoms with E-state index in [1.807, 2.05) is 0 Å². The summed E-state index contributed by atoms with van der Waals surface area (Å²) in [5, 5.41) is 5.69. The molecule has 4 atom stereocenters. The summed E-state index contributed by atoms with van der Waals surface area (Å²) >= 11 is 0. The number of fused-ring (bicyclic) bond motifs is 1. The minimum Gasteiger partial charge on any atom is -0.462 e. The fraction of sp³-hybridized carbons (Fsp3) is 0.609. The molecule has 1 saturated carbocycles. The van der Waals surface area contributed by atoms with E-state index in [0.29, 0.717) is 17.9 Å². The highest BCUT2D eigenvalue weighted by atomic mass is 16.6. The molecule has 9 heteroatoms. The summed E-state index contributed by atoms with van der Waals surface area (Å²) in [6, 6.07) is 6.19. The molecular formula is C23H30N2O7. The van der Waals surface area contributed by atoms with Gasteiger partial charge >= 0.3 is 12.1 Å². The molecule has 2 saturated heterocycles. The number of amides is 2. The molecule has 0 aromatic heterocycles. The molecule has 174 valence electrons. The highest BCUT2D eigenvalue weighted by Gasteiger charge is 2.50. The largest absolute Gasteiger partial charge is 0.462 e. The van der Waals surface area contributed by atoms with Crippen LogP contribution in [0.25, 0.3) is 0 Å². The van der Waals surface area contributed by atoms with E-state index in [0.717, 1.165) is 25.7 Å². The zero-order valence-electron chi connectivity index (χ0n) is 18.2. The Morgan fingerprint density at radius 3 is 2.62 bits per heavy atom. The van der Waals surface area contributed by atoms with Gasteiger partial charge in [-0.3, -0.25) is 10.1 Å². The molecule has 0 unspecified atom stereocenters. The molecule has 4 rings (SSSR count). The Morgan fingerprint density at radius 1 is 1.06 bits per heavy atom. The van der Waals surface area contributed by atoms with Crippen molar-refractivity contribution in [2.45, 2.75) is 63.4 Å². The number of hydrogen-bond donors (Lipinski definition) is 2. The maximum absolute atomic E-state index is 12.6. The Bertz CT molecular complexity index is 839. The molecule has 32 heavy (non-hydrogen) atoms. The van der Waals surface area contributed by atoms with E-state index >= 15 is 0 Å². The molecule has 2 amide bonds. The highest BCUT2D eigenvalue weighted by molar-refractivity contribution is 5.92. The second-order valence-electron chi connectivity index (χ2n) is 8.42. The van der Waals surface area contributed by atoms with Crippen LogP contribution in [0.3, 0.4) is 0 Å². The van der Waals surface area contributed by atoms with Gasteiger partial charge in [-0.05, 0) is 38.0 Å². The van der Waals surface area contributed by atoms with Gasteiger partial charge in [0.05, 0.1) is 31.4 Å². The molecule has 2 N–H and O–H groups in total. The Labute approximate surface area is 187 Å². The lowest BCUT2D eigenvalue weighted by Crippen LogP contribution is -2.46. The first-order valence-corrected chi connectivity index (χ1v) is 11.3. The first-order chi connectivity index (χ1) is 15.5. The number of benzene rings is 1. The predicted molar refractivity (Wildman–Crippen MR) is 114 cm³/mol. The third-order valence-electron chi connectivity index (χ3n) is 6.19. The topological polar surface area (TPSA) is 112 Å². The predicted octanol–water partition coefficient (Wildman–Crippen LogP) is 2.64. The van der Waals surface area contributed by atoms with Crippen molar-refractivity contribution in [1.29, 1.82) is 0 Å². The Hall–Kier alpha value is -2.65. The quantitative estimate of drug-likeness (QED) is 0.646. The van der Waals surface area contributed by atoms with Crippen LogP contribution in [-0.4, -0.2) is 62.1 Å². The summed E-state index contributed by atoms with van der Waals surface area (Å²) in [5.41, 5.74) is 0.755. The number of ether oxygens (including phenoxy) is 4. The van der Waals surface area contributed by atoms with Gasteiger partial charge in [0.2, 0.25) is 5.91 Å². The van der Waals surface area contributed by atoms with Gasteiger partial charge in [0.1, 0.15) is 12.2 Å². The lowest BCUT2D eigenvalue weighted by atomic mass is 9.88. The van der Waals surface area contributed by atoms with Crippen LogP contribution in [0.1, 0.15) is 49.4 Å². The summed E-state index contributed by atoms with van der Waals surface area (Å²) in [7, 11) is 0. The average molecular weight is 447 g/mol. The molecule has 0 radical (unpaired) electrons. The Kier molecular flexibility index (Phi) is 7.26. The molecular weight excluding hydrogens is 416 g/mol. The highest BCUT2D eigenvalue weighted by Crippen LogP contribution is 2.30. The van der Waals surface area contributed by atoms with E-state index in [-0.39, 0.29) is 37.2 Å². The normalized spacial score (nSPS) is 27.4. The third-order valence-corrected chi connectivity index (χ3v) is 6.19. The SMILES string of the molecule is CCOC(=O)c1cccc(NC(=O)O[C@H]2CO[C@@H]3[C@@H]2OC[C@@H]3NC(=O)C2CCCCC2)c1. The van der Waals surface area contributed by atoms with Crippen LogP contribution >= 0.6 is 0 Å². The van der Waals surface area contributed by atoms with Crippen molar-refractivity contribution in [3.8, 4) is 0 Å². The van der Waals surface area contributed by atoms with Crippen LogP contribution in [-0.2, 0) is 23.7 Å². The molecule has 0 spiro atoms. The summed E-state index contributed by atoms with van der Waals surface area (Å²) in [5.74, 6) is -0.337. The number of nitrogens with one attached hydrogen (secondary N) is 2. The van der Waals surface area contributed by atoms with E-state index in [1.54, 1.807) is 25.1 Å². The van der Waals surface area contributed by atoms with Gasteiger partial charge in [0.15, 0.2) is 6.10 Å². The number of anilines is 1. The Morgan fingerprint density at radius 2 is 1.84 bits per heavy atom. The van der Waals surface area contributed by atoms with Crippen molar-refractivity contribution in [2.75, 3.05) is 25.1 Å². The van der Waals surface area contributed by atoms with Gasteiger partial charge in [0.25, 0.3) is 0 Å². The number of carbonyl (C=O) groups is 3. The van der Waals surface area contributed by atoms with Crippen LogP contribution in [0.4, 0.5) is 10.5 Å². The number of carbonyl (C=O) groups excluding carboxylic acids is 3. The van der Waals surface area contributed by atoms with Gasteiger partial charge in [-0.25, -0.2) is 9.59 Å². The van der Waals surface area contributed by atoms with Crippen LogP contribution < -0.4 is 10.6 Å². The fourth-order valence-electron chi connectivity index (χ4n) is 4.58. The summed E-state index contributed by atoms with van der Waals surface area (Å²) in [6.07, 6.45) is 3.22. The second-order valence-corrected chi connectivity index (χ2v) is 8.42. The van der Waals surface area contributed by atoms with Crippen molar-refractivity contribution in [1.82, 2.24) is 5.32 Å². The molecule has 2 heterocycles. The monoisotopic (exact) mass is 446 g/mol. The van der Waals surface area contributed by atoms with Crippen molar-refractivity contribution >= 4 is 23.7 Å². The van der Waals surface area contributed by atoms with Gasteiger partial charge in [0, 0.05) is 11.6 Å². The smallest absolute Gasteiger partial charge is 0.412 e. The first-order valence-electron chi connectivity index (χ1n) is 11.3. The van der Waals surface area contributed by atoms with Crippen LogP contribution in [0.5, 0.6) is 0 Å². The number of hydrogen-bond acceptors (Lipinski definition) is 7. The fourth-order valence-corrected chi connectivity index (χ4v) is 4.58. The Balaban J connectivity index is 1.28. The molecule has 2 aliphatic heterocycles. The summed E-state index contributed by atoms with van der Waals surface area (Å²) < 4.78 is 22.1. The lowest BCUT2D eigenvalue weighted by molar-refractivity contribution is -0.127. The van der Waals surface area contributed by atoms with Crippen LogP contribution in [0, 0.1) is 5.92 Å². The zero-order chi connectivity index (χ0) is 22.5. The average Bonchev–Trinajstić information content (AvgIpc) is 3.38. The van der Waals surface area contributed by atoms with Crippen LogP contribution in [0.2, 0.25) is 0 Å². The van der Waals surface area contributed by atoms with Gasteiger partial charge < -0.3 is 24.3 Å². The lowest BCUT2D eigenvalue weighted by Gasteiger charge is -2.24. The second kappa shape index (κ2) is 10.3.